The van der Waals surface area contributed by atoms with Crippen molar-refractivity contribution in [1.82, 2.24) is 0 Å². The van der Waals surface area contributed by atoms with Crippen LogP contribution in [0.5, 0.6) is 11.5 Å². The molecule has 0 aliphatic rings. The number of carbonyl (C=O) groups is 1. The van der Waals surface area contributed by atoms with Gasteiger partial charge in [-0.2, -0.15) is 0 Å². The first-order valence-corrected chi connectivity index (χ1v) is 4.37. The van der Waals surface area contributed by atoms with Gasteiger partial charge in [0.1, 0.15) is 17.5 Å². The summed E-state index contributed by atoms with van der Waals surface area (Å²) in [4.78, 5) is 11.0. The topological polar surface area (TPSA) is 87.6 Å². The summed E-state index contributed by atoms with van der Waals surface area (Å²) in [6, 6.07) is 4.14. The SMILES string of the molecule is COc1ccc(OC)c(C(N)C(N)=O)c1. The minimum atomic E-state index is -0.893. The quantitative estimate of drug-likeness (QED) is 0.742. The van der Waals surface area contributed by atoms with Crippen LogP contribution in [0.4, 0.5) is 0 Å². The minimum Gasteiger partial charge on any atom is -0.497 e. The van der Waals surface area contributed by atoms with Gasteiger partial charge in [0, 0.05) is 5.56 Å². The summed E-state index contributed by atoms with van der Waals surface area (Å²) in [5.41, 5.74) is 11.3. The van der Waals surface area contributed by atoms with Crippen LogP contribution in [0.3, 0.4) is 0 Å². The average Bonchev–Trinajstić information content (AvgIpc) is 2.27. The second-order valence-electron chi connectivity index (χ2n) is 2.99. The summed E-state index contributed by atoms with van der Waals surface area (Å²) in [6.07, 6.45) is 0. The third-order valence-corrected chi connectivity index (χ3v) is 2.08. The van der Waals surface area contributed by atoms with E-state index in [4.69, 9.17) is 20.9 Å². The molecule has 1 aromatic carbocycles. The zero-order valence-electron chi connectivity index (χ0n) is 8.69. The second-order valence-corrected chi connectivity index (χ2v) is 2.99. The van der Waals surface area contributed by atoms with Gasteiger partial charge in [0.05, 0.1) is 14.2 Å². The van der Waals surface area contributed by atoms with Crippen molar-refractivity contribution in [2.45, 2.75) is 6.04 Å². The number of amides is 1. The predicted molar refractivity (Wildman–Crippen MR) is 55.7 cm³/mol. The van der Waals surface area contributed by atoms with E-state index < -0.39 is 11.9 Å². The van der Waals surface area contributed by atoms with Crippen molar-refractivity contribution >= 4 is 5.91 Å². The van der Waals surface area contributed by atoms with E-state index in [-0.39, 0.29) is 0 Å². The number of ether oxygens (including phenoxy) is 2. The van der Waals surface area contributed by atoms with Crippen LogP contribution in [0.15, 0.2) is 18.2 Å². The smallest absolute Gasteiger partial charge is 0.239 e. The molecule has 0 spiro atoms. The Labute approximate surface area is 88.0 Å². The zero-order chi connectivity index (χ0) is 11.4. The van der Waals surface area contributed by atoms with Crippen LogP contribution in [0.2, 0.25) is 0 Å². The molecule has 1 rings (SSSR count). The molecule has 0 heterocycles. The molecule has 0 aliphatic carbocycles. The normalized spacial score (nSPS) is 11.9. The first-order chi connectivity index (χ1) is 7.10. The van der Waals surface area contributed by atoms with Crippen molar-refractivity contribution in [2.24, 2.45) is 11.5 Å². The molecule has 15 heavy (non-hydrogen) atoms. The molecule has 0 saturated carbocycles. The van der Waals surface area contributed by atoms with Crippen molar-refractivity contribution < 1.29 is 14.3 Å². The molecule has 1 aromatic rings. The Hall–Kier alpha value is -1.75. The van der Waals surface area contributed by atoms with E-state index in [2.05, 4.69) is 0 Å². The lowest BCUT2D eigenvalue weighted by Gasteiger charge is -2.13. The number of carbonyl (C=O) groups excluding carboxylic acids is 1. The molecule has 0 fully saturated rings. The lowest BCUT2D eigenvalue weighted by molar-refractivity contribution is -0.119. The van der Waals surface area contributed by atoms with Crippen LogP contribution in [-0.2, 0) is 4.79 Å². The second kappa shape index (κ2) is 4.65. The Morgan fingerprint density at radius 2 is 2.00 bits per heavy atom. The van der Waals surface area contributed by atoms with E-state index in [0.29, 0.717) is 17.1 Å². The molecule has 0 saturated heterocycles. The molecule has 0 bridgehead atoms. The first-order valence-electron chi connectivity index (χ1n) is 4.37. The Balaban J connectivity index is 3.16. The number of hydrogen-bond donors (Lipinski definition) is 2. The average molecular weight is 210 g/mol. The van der Waals surface area contributed by atoms with E-state index in [9.17, 15) is 4.79 Å². The van der Waals surface area contributed by atoms with Gasteiger partial charge >= 0.3 is 0 Å². The molecule has 1 atom stereocenters. The Bertz CT molecular complexity index is 366. The number of benzene rings is 1. The minimum absolute atomic E-state index is 0.516. The maximum Gasteiger partial charge on any atom is 0.239 e. The van der Waals surface area contributed by atoms with Gasteiger partial charge < -0.3 is 20.9 Å². The summed E-state index contributed by atoms with van der Waals surface area (Å²) in [5.74, 6) is 0.506. The third-order valence-electron chi connectivity index (χ3n) is 2.08. The van der Waals surface area contributed by atoms with Gasteiger partial charge in [0.15, 0.2) is 0 Å². The van der Waals surface area contributed by atoms with Crippen molar-refractivity contribution in [3.05, 3.63) is 23.8 Å². The highest BCUT2D eigenvalue weighted by molar-refractivity contribution is 5.82. The third kappa shape index (κ3) is 2.38. The number of primary amides is 1. The van der Waals surface area contributed by atoms with E-state index in [1.54, 1.807) is 18.2 Å². The largest absolute Gasteiger partial charge is 0.497 e. The van der Waals surface area contributed by atoms with E-state index in [1.807, 2.05) is 0 Å². The first kappa shape index (κ1) is 11.3. The summed E-state index contributed by atoms with van der Waals surface area (Å²) in [5, 5.41) is 0. The Morgan fingerprint density at radius 1 is 1.33 bits per heavy atom. The molecule has 1 amide bonds. The maximum absolute atomic E-state index is 11.0. The fourth-order valence-corrected chi connectivity index (χ4v) is 1.24. The number of methoxy groups -OCH3 is 2. The summed E-state index contributed by atoms with van der Waals surface area (Å²) >= 11 is 0. The van der Waals surface area contributed by atoms with E-state index in [0.717, 1.165) is 0 Å². The zero-order valence-corrected chi connectivity index (χ0v) is 8.69. The van der Waals surface area contributed by atoms with Gasteiger partial charge in [-0.1, -0.05) is 0 Å². The van der Waals surface area contributed by atoms with Crippen molar-refractivity contribution in [3.63, 3.8) is 0 Å². The summed E-state index contributed by atoms with van der Waals surface area (Å²) < 4.78 is 10.1. The lowest BCUT2D eigenvalue weighted by Crippen LogP contribution is -2.28. The van der Waals surface area contributed by atoms with Gasteiger partial charge in [-0.15, -0.1) is 0 Å². The number of nitrogens with two attached hydrogens (primary N) is 2. The number of hydrogen-bond acceptors (Lipinski definition) is 4. The predicted octanol–water partition coefficient (Wildman–Crippen LogP) is 0.189. The molecule has 5 nitrogen and oxygen atoms in total. The van der Waals surface area contributed by atoms with Gasteiger partial charge in [-0.05, 0) is 18.2 Å². The van der Waals surface area contributed by atoms with Crippen LogP contribution >= 0.6 is 0 Å². The molecular weight excluding hydrogens is 196 g/mol. The highest BCUT2D eigenvalue weighted by Gasteiger charge is 2.17. The lowest BCUT2D eigenvalue weighted by atomic mass is 10.1. The van der Waals surface area contributed by atoms with E-state index in [1.165, 1.54) is 14.2 Å². The van der Waals surface area contributed by atoms with Crippen LogP contribution in [0, 0.1) is 0 Å². The number of rotatable bonds is 4. The standard InChI is InChI=1S/C10H14N2O3/c1-14-6-3-4-8(15-2)7(5-6)9(11)10(12)13/h3-5,9H,11H2,1-2H3,(H2,12,13). The van der Waals surface area contributed by atoms with Gasteiger partial charge in [-0.3, -0.25) is 4.79 Å². The van der Waals surface area contributed by atoms with Crippen LogP contribution in [-0.4, -0.2) is 20.1 Å². The Morgan fingerprint density at radius 3 is 2.47 bits per heavy atom. The van der Waals surface area contributed by atoms with Crippen LogP contribution in [0.25, 0.3) is 0 Å². The van der Waals surface area contributed by atoms with Crippen molar-refractivity contribution in [3.8, 4) is 11.5 Å². The van der Waals surface area contributed by atoms with Gasteiger partial charge in [0.25, 0.3) is 0 Å². The van der Waals surface area contributed by atoms with Crippen molar-refractivity contribution in [1.29, 1.82) is 0 Å². The molecule has 0 aliphatic heterocycles. The summed E-state index contributed by atoms with van der Waals surface area (Å²) in [6.45, 7) is 0. The van der Waals surface area contributed by atoms with Crippen molar-refractivity contribution in [2.75, 3.05) is 14.2 Å². The molecule has 1 unspecified atom stereocenters. The fourth-order valence-electron chi connectivity index (χ4n) is 1.24. The molecule has 0 aromatic heterocycles. The van der Waals surface area contributed by atoms with Gasteiger partial charge in [-0.25, -0.2) is 0 Å². The molecular formula is C10H14N2O3. The fraction of sp³-hybridized carbons (Fsp3) is 0.300. The van der Waals surface area contributed by atoms with Crippen LogP contribution in [0.1, 0.15) is 11.6 Å². The highest BCUT2D eigenvalue weighted by atomic mass is 16.5. The molecule has 0 radical (unpaired) electrons. The molecule has 82 valence electrons. The van der Waals surface area contributed by atoms with Crippen LogP contribution < -0.4 is 20.9 Å². The highest BCUT2D eigenvalue weighted by Crippen LogP contribution is 2.27. The van der Waals surface area contributed by atoms with E-state index >= 15 is 0 Å². The maximum atomic E-state index is 11.0. The summed E-state index contributed by atoms with van der Waals surface area (Å²) in [7, 11) is 3.03. The van der Waals surface area contributed by atoms with Gasteiger partial charge in [0.2, 0.25) is 5.91 Å². The molecule has 5 heteroatoms. The molecule has 4 N–H and O–H groups in total. The monoisotopic (exact) mass is 210 g/mol. The Kier molecular flexibility index (Phi) is 3.51.